The Kier molecular flexibility index (Phi) is 2.59. The lowest BCUT2D eigenvalue weighted by molar-refractivity contribution is 0.486. The van der Waals surface area contributed by atoms with Crippen LogP contribution in [0.1, 0.15) is 5.69 Å². The van der Waals surface area contributed by atoms with E-state index >= 15 is 0 Å². The van der Waals surface area contributed by atoms with Crippen LogP contribution in [0.2, 0.25) is 0 Å². The van der Waals surface area contributed by atoms with E-state index in [4.69, 9.17) is 10.5 Å². The Morgan fingerprint density at radius 2 is 2.11 bits per heavy atom. The van der Waals surface area contributed by atoms with Crippen LogP contribution in [-0.2, 0) is 7.05 Å². The van der Waals surface area contributed by atoms with Crippen molar-refractivity contribution in [1.29, 1.82) is 0 Å². The molecule has 0 amide bonds. The number of ether oxygens (including phenoxy) is 1. The Balaban J connectivity index is 2.13. The van der Waals surface area contributed by atoms with Gasteiger partial charge >= 0.3 is 0 Å². The molecule has 0 fully saturated rings. The van der Waals surface area contributed by atoms with E-state index < -0.39 is 0 Å². The monoisotopic (exact) mass is 254 g/mol. The topological polar surface area (TPSA) is 66.0 Å². The van der Waals surface area contributed by atoms with E-state index in [1.54, 1.807) is 10.9 Å². The number of anilines is 1. The first-order chi connectivity index (χ1) is 9.11. The van der Waals surface area contributed by atoms with Crippen molar-refractivity contribution in [1.82, 2.24) is 14.8 Å². The van der Waals surface area contributed by atoms with Gasteiger partial charge in [-0.3, -0.25) is 9.67 Å². The van der Waals surface area contributed by atoms with Gasteiger partial charge in [0.2, 0.25) is 0 Å². The number of hydrogen-bond donors (Lipinski definition) is 1. The number of nitrogen functional groups attached to an aromatic ring is 1. The fraction of sp³-hybridized carbons (Fsp3) is 0.143. The van der Waals surface area contributed by atoms with Crippen molar-refractivity contribution < 1.29 is 4.74 Å². The molecule has 2 aromatic heterocycles. The lowest BCUT2D eigenvalue weighted by atomic mass is 10.1. The Labute approximate surface area is 110 Å². The lowest BCUT2D eigenvalue weighted by Gasteiger charge is -2.08. The fourth-order valence-electron chi connectivity index (χ4n) is 2.00. The van der Waals surface area contributed by atoms with Crippen LogP contribution in [0.25, 0.3) is 10.9 Å². The molecular formula is C14H14N4O. The Morgan fingerprint density at radius 3 is 2.84 bits per heavy atom. The normalized spacial score (nSPS) is 10.8. The smallest absolute Gasteiger partial charge is 0.165 e. The van der Waals surface area contributed by atoms with Gasteiger partial charge in [-0.15, -0.1) is 0 Å². The largest absolute Gasteiger partial charge is 0.453 e. The average Bonchev–Trinajstić information content (AvgIpc) is 2.76. The van der Waals surface area contributed by atoms with Crippen molar-refractivity contribution >= 4 is 16.6 Å². The molecule has 0 spiro atoms. The Morgan fingerprint density at radius 1 is 1.26 bits per heavy atom. The summed E-state index contributed by atoms with van der Waals surface area (Å²) in [7, 11) is 1.85. The van der Waals surface area contributed by atoms with Gasteiger partial charge in [0.15, 0.2) is 5.75 Å². The van der Waals surface area contributed by atoms with Crippen LogP contribution in [0.4, 0.5) is 5.69 Å². The second kappa shape index (κ2) is 4.28. The van der Waals surface area contributed by atoms with E-state index in [9.17, 15) is 0 Å². The van der Waals surface area contributed by atoms with Gasteiger partial charge < -0.3 is 10.5 Å². The zero-order valence-corrected chi connectivity index (χ0v) is 10.8. The second-order valence-electron chi connectivity index (χ2n) is 4.49. The van der Waals surface area contributed by atoms with Gasteiger partial charge in [0.05, 0.1) is 17.9 Å². The summed E-state index contributed by atoms with van der Waals surface area (Å²) in [5, 5.41) is 4.98. The summed E-state index contributed by atoms with van der Waals surface area (Å²) in [5.74, 6) is 1.43. The molecule has 0 atom stereocenters. The summed E-state index contributed by atoms with van der Waals surface area (Å²) in [6, 6.07) is 7.50. The molecule has 2 heterocycles. The van der Waals surface area contributed by atoms with E-state index in [1.807, 2.05) is 44.4 Å². The lowest BCUT2D eigenvalue weighted by Crippen LogP contribution is -1.92. The number of nitrogens with zero attached hydrogens (tertiary/aromatic N) is 3. The van der Waals surface area contributed by atoms with E-state index in [0.29, 0.717) is 11.4 Å². The maximum Gasteiger partial charge on any atom is 0.165 e. The van der Waals surface area contributed by atoms with Crippen LogP contribution in [0.15, 0.2) is 36.7 Å². The molecule has 5 nitrogen and oxygen atoms in total. The van der Waals surface area contributed by atoms with Crippen molar-refractivity contribution in [2.24, 2.45) is 7.05 Å². The van der Waals surface area contributed by atoms with Crippen LogP contribution >= 0.6 is 0 Å². The molecule has 0 saturated heterocycles. The van der Waals surface area contributed by atoms with Gasteiger partial charge in [0.1, 0.15) is 5.75 Å². The number of fused-ring (bicyclic) bond motifs is 1. The van der Waals surface area contributed by atoms with E-state index in [1.165, 1.54) is 0 Å². The zero-order chi connectivity index (χ0) is 13.4. The molecule has 5 heteroatoms. The zero-order valence-electron chi connectivity index (χ0n) is 10.8. The van der Waals surface area contributed by atoms with Crippen molar-refractivity contribution in [3.05, 3.63) is 42.4 Å². The molecule has 3 rings (SSSR count). The van der Waals surface area contributed by atoms with Gasteiger partial charge in [-0.1, -0.05) is 0 Å². The highest BCUT2D eigenvalue weighted by Crippen LogP contribution is 2.30. The third-order valence-corrected chi connectivity index (χ3v) is 2.83. The number of rotatable bonds is 2. The summed E-state index contributed by atoms with van der Waals surface area (Å²) < 4.78 is 7.56. The summed E-state index contributed by atoms with van der Waals surface area (Å²) in [6.07, 6.45) is 3.49. The standard InChI is InChI=1S/C14H14N4O/c1-9-5-14(19-11-7-16-18(2)8-11)12-6-10(15)3-4-13(12)17-9/h3-8H,15H2,1-2H3. The molecule has 0 saturated carbocycles. The Bertz CT molecular complexity index is 748. The predicted molar refractivity (Wildman–Crippen MR) is 74.2 cm³/mol. The summed E-state index contributed by atoms with van der Waals surface area (Å²) in [5.41, 5.74) is 8.29. The van der Waals surface area contributed by atoms with E-state index in [0.717, 1.165) is 22.3 Å². The number of nitrogens with two attached hydrogens (primary N) is 1. The molecule has 96 valence electrons. The molecule has 3 aromatic rings. The minimum atomic E-state index is 0.689. The highest BCUT2D eigenvalue weighted by atomic mass is 16.5. The first kappa shape index (κ1) is 11.5. The molecule has 0 bridgehead atoms. The second-order valence-corrected chi connectivity index (χ2v) is 4.49. The maximum absolute atomic E-state index is 5.87. The van der Waals surface area contributed by atoms with Crippen LogP contribution < -0.4 is 10.5 Å². The molecule has 0 aliphatic carbocycles. The molecular weight excluding hydrogens is 240 g/mol. The highest BCUT2D eigenvalue weighted by Gasteiger charge is 2.08. The molecule has 0 aliphatic heterocycles. The van der Waals surface area contributed by atoms with Crippen LogP contribution in [0.3, 0.4) is 0 Å². The minimum Gasteiger partial charge on any atom is -0.453 e. The van der Waals surface area contributed by atoms with Crippen molar-refractivity contribution in [2.75, 3.05) is 5.73 Å². The number of benzene rings is 1. The average molecular weight is 254 g/mol. The van der Waals surface area contributed by atoms with Gasteiger partial charge in [0.25, 0.3) is 0 Å². The first-order valence-corrected chi connectivity index (χ1v) is 5.95. The third-order valence-electron chi connectivity index (χ3n) is 2.83. The van der Waals surface area contributed by atoms with E-state index in [-0.39, 0.29) is 0 Å². The van der Waals surface area contributed by atoms with Crippen molar-refractivity contribution in [3.63, 3.8) is 0 Å². The molecule has 19 heavy (non-hydrogen) atoms. The summed E-state index contributed by atoms with van der Waals surface area (Å²) >= 11 is 0. The highest BCUT2D eigenvalue weighted by molar-refractivity contribution is 5.88. The molecule has 0 unspecified atom stereocenters. The summed E-state index contributed by atoms with van der Waals surface area (Å²) in [6.45, 7) is 1.94. The van der Waals surface area contributed by atoms with Gasteiger partial charge in [-0.05, 0) is 25.1 Å². The molecule has 1 aromatic carbocycles. The molecule has 2 N–H and O–H groups in total. The van der Waals surface area contributed by atoms with Gasteiger partial charge in [0, 0.05) is 29.9 Å². The SMILES string of the molecule is Cc1cc(Oc2cnn(C)c2)c2cc(N)ccc2n1. The maximum atomic E-state index is 5.87. The quantitative estimate of drug-likeness (QED) is 0.714. The van der Waals surface area contributed by atoms with Gasteiger partial charge in [-0.25, -0.2) is 0 Å². The van der Waals surface area contributed by atoms with Crippen molar-refractivity contribution in [2.45, 2.75) is 6.92 Å². The van der Waals surface area contributed by atoms with Crippen LogP contribution in [0.5, 0.6) is 11.5 Å². The fourth-order valence-corrected chi connectivity index (χ4v) is 2.00. The molecule has 0 radical (unpaired) electrons. The number of hydrogen-bond acceptors (Lipinski definition) is 4. The van der Waals surface area contributed by atoms with Crippen LogP contribution in [0, 0.1) is 6.92 Å². The molecule has 0 aliphatic rings. The summed E-state index contributed by atoms with van der Waals surface area (Å²) in [4.78, 5) is 4.47. The number of aryl methyl sites for hydroxylation is 2. The predicted octanol–water partition coefficient (Wildman–Crippen LogP) is 2.65. The number of aromatic nitrogens is 3. The van der Waals surface area contributed by atoms with Crippen molar-refractivity contribution in [3.8, 4) is 11.5 Å². The first-order valence-electron chi connectivity index (χ1n) is 5.95. The number of pyridine rings is 1. The van der Waals surface area contributed by atoms with E-state index in [2.05, 4.69) is 10.1 Å². The minimum absolute atomic E-state index is 0.689. The third kappa shape index (κ3) is 2.22. The van der Waals surface area contributed by atoms with Gasteiger partial charge in [-0.2, -0.15) is 5.10 Å². The Hall–Kier alpha value is -2.56. The van der Waals surface area contributed by atoms with Crippen LogP contribution in [-0.4, -0.2) is 14.8 Å².